The second kappa shape index (κ2) is 41.7. The van der Waals surface area contributed by atoms with Crippen LogP contribution in [0, 0.1) is 134 Å². The van der Waals surface area contributed by atoms with Crippen molar-refractivity contribution in [3.8, 4) is 0 Å². The zero-order valence-corrected chi connectivity index (χ0v) is 63.7. The van der Waals surface area contributed by atoms with Gasteiger partial charge in [0.1, 0.15) is 13.2 Å². The maximum absolute atomic E-state index is 5.49. The molecular weight excluding hydrogens is 1560 g/mol. The Morgan fingerprint density at radius 2 is 0.441 bits per heavy atom. The van der Waals surface area contributed by atoms with Crippen LogP contribution in [0.1, 0.15) is 83.3 Å². The predicted molar refractivity (Wildman–Crippen MR) is 402 cm³/mol. The summed E-state index contributed by atoms with van der Waals surface area (Å²) in [6, 6.07) is 109. The minimum absolute atomic E-state index is 0. The molecule has 16 rings (SSSR count). The maximum atomic E-state index is 5.49. The molecule has 0 N–H and O–H groups in total. The van der Waals surface area contributed by atoms with Gasteiger partial charge in [-0.2, -0.15) is 0 Å². The van der Waals surface area contributed by atoms with Crippen LogP contribution in [0.15, 0.2) is 313 Å². The standard InChI is InChI=1S/2C35H25.2C11H13NO.2ClH.2Fe.2Pd/c2*1-6-16-26(17-7-1)31-32(27-18-8-2-9-19-27)34(29-22-12-4-13-23-29)35(30-24-14-5-15-25-30)33(31)28-20-10-3-11-21-28;2*1-8(2)10-7-13-11(12-10)9-5-3-4-6-9;;;;;;/h2*1-25H;2*3-5,8,10H,7H2,1-2H3;2*1H;;;;/q;;2*-1;;;4*+2/p-2/t;;2*10-;;;;;;/m..11....../s1. The topological polar surface area (TPSA) is 43.2 Å². The predicted octanol–water partition coefficient (Wildman–Crippen LogP) is 21.0. The number of hydrogen-bond acceptors (Lipinski definition) is 4. The number of rotatable bonds is 14. The van der Waals surface area contributed by atoms with Gasteiger partial charge in [-0.05, 0) is 67.5 Å². The average Bonchev–Trinajstić information content (AvgIpc) is 1.58. The van der Waals surface area contributed by atoms with E-state index in [0.29, 0.717) is 37.1 Å². The van der Waals surface area contributed by atoms with Crippen LogP contribution < -0.4 is 0 Å². The smallest absolute Gasteiger partial charge is 0.0622 e. The summed E-state index contributed by atoms with van der Waals surface area (Å²) in [5.41, 5.74) is 12.3. The van der Waals surface area contributed by atoms with Crippen LogP contribution in [0.2, 0.25) is 0 Å². The van der Waals surface area contributed by atoms with Gasteiger partial charge in [-0.15, -0.1) is 11.8 Å². The molecule has 0 unspecified atom stereocenters. The van der Waals surface area contributed by atoms with Gasteiger partial charge in [0.25, 0.3) is 0 Å². The van der Waals surface area contributed by atoms with Crippen molar-refractivity contribution in [3.63, 3.8) is 0 Å². The SMILES string of the molecule is CC(C)[C@H]1COC([C]2[C-][CH][CH][CH]2)=N1.CC(C)[C@H]1COC([C]2[C-][CH][CH][CH]2)=N1.[Cl][Pd+].[Cl][Pd+].[Fe+2].[Fe+2].c1ccc([C]2[C](c3ccccc3)[C](c3ccccc3)[C](c3ccccc3)[C]2c2ccccc2)cc1.c1ccc([C]2[C](c3ccccc3)[C](c3ccccc3)[C](c3ccccc3)[C]2c2ccccc2)cc1. The Bertz CT molecular complexity index is 3210. The van der Waals surface area contributed by atoms with Crippen LogP contribution in [0.3, 0.4) is 0 Å². The van der Waals surface area contributed by atoms with Crippen molar-refractivity contribution >= 4 is 30.9 Å². The molecule has 4 fully saturated rings. The number of hydrogen-bond donors (Lipinski definition) is 0. The Balaban J connectivity index is 0.000000168. The van der Waals surface area contributed by atoms with E-state index >= 15 is 0 Å². The van der Waals surface area contributed by atoms with E-state index < -0.39 is 0 Å². The molecule has 2 atom stereocenters. The summed E-state index contributed by atoms with van der Waals surface area (Å²) < 4.78 is 11.0. The van der Waals surface area contributed by atoms with Gasteiger partial charge in [0.15, 0.2) is 11.8 Å². The fraction of sp³-hybridized carbons (Fsp3) is 0.109. The van der Waals surface area contributed by atoms with Crippen LogP contribution in [0.4, 0.5) is 0 Å². The number of nitrogens with zero attached hydrogens (tertiary/aromatic N) is 2. The third-order valence-corrected chi connectivity index (χ3v) is 17.7. The summed E-state index contributed by atoms with van der Waals surface area (Å²) in [6.45, 7) is 10.1. The number of aliphatic imine (C=N–C) groups is 2. The van der Waals surface area contributed by atoms with Gasteiger partial charge in [-0.25, -0.2) is 12.8 Å². The summed E-state index contributed by atoms with van der Waals surface area (Å²) in [5.74, 6) is 17.3. The first-order valence-electron chi connectivity index (χ1n) is 33.6. The summed E-state index contributed by atoms with van der Waals surface area (Å²) in [4.78, 5) is 8.99. The Kier molecular flexibility index (Phi) is 32.8. The molecule has 102 heavy (non-hydrogen) atoms. The first kappa shape index (κ1) is 80.2. The normalized spacial score (nSPS) is 18.6. The van der Waals surface area contributed by atoms with Crippen molar-refractivity contribution in [3.05, 3.63) is 481 Å². The van der Waals surface area contributed by atoms with Crippen LogP contribution in [0.25, 0.3) is 0 Å². The van der Waals surface area contributed by atoms with Crippen molar-refractivity contribution in [2.45, 2.75) is 39.8 Å². The van der Waals surface area contributed by atoms with Crippen molar-refractivity contribution in [2.24, 2.45) is 21.8 Å². The Morgan fingerprint density at radius 3 is 0.559 bits per heavy atom. The van der Waals surface area contributed by atoms with E-state index in [0.717, 1.165) is 23.6 Å². The second-order valence-electron chi connectivity index (χ2n) is 24.7. The first-order valence-corrected chi connectivity index (χ1v) is 37.6. The van der Waals surface area contributed by atoms with Gasteiger partial charge in [0.05, 0.1) is 12.1 Å². The molecule has 0 amide bonds. The minimum Gasteiger partial charge on any atom is -0.0622 e. The molecule has 0 saturated heterocycles. The van der Waals surface area contributed by atoms with E-state index in [1.165, 1.54) is 115 Å². The van der Waals surface area contributed by atoms with Crippen molar-refractivity contribution < 1.29 is 80.0 Å². The Hall–Kier alpha value is -5.92. The van der Waals surface area contributed by atoms with E-state index in [-0.39, 0.29) is 34.1 Å². The Labute approximate surface area is 660 Å². The number of halogens is 2. The zero-order valence-electron chi connectivity index (χ0n) is 56.9. The molecule has 4 saturated carbocycles. The van der Waals surface area contributed by atoms with Gasteiger partial charge in [0.2, 0.25) is 0 Å². The summed E-state index contributed by atoms with van der Waals surface area (Å²) >= 11 is 4.44. The van der Waals surface area contributed by atoms with E-state index in [4.69, 9.17) is 9.47 Å². The molecule has 6 aliphatic rings. The molecule has 10 heteroatoms. The second-order valence-corrected chi connectivity index (χ2v) is 24.7. The fourth-order valence-corrected chi connectivity index (χ4v) is 12.9. The largest absolute Gasteiger partial charge is 2.00 e. The molecular formula is C92H76Cl2Fe2N2O2Pd2+4. The zero-order chi connectivity index (χ0) is 69.4. The van der Waals surface area contributed by atoms with E-state index in [9.17, 15) is 0 Å². The van der Waals surface area contributed by atoms with Crippen LogP contribution in [0.5, 0.6) is 0 Å². The van der Waals surface area contributed by atoms with Gasteiger partial charge in [-0.3, -0.25) is 9.98 Å². The van der Waals surface area contributed by atoms with Gasteiger partial charge in [-0.1, -0.05) is 357 Å². The molecule has 20 radical (unpaired) electrons. The van der Waals surface area contributed by atoms with E-state index in [1.807, 2.05) is 38.5 Å². The van der Waals surface area contributed by atoms with Crippen LogP contribution in [-0.4, -0.2) is 37.1 Å². The molecule has 0 aromatic heterocycles. The molecule has 0 spiro atoms. The molecule has 512 valence electrons. The van der Waals surface area contributed by atoms with Crippen LogP contribution >= 0.6 is 19.1 Å². The fourth-order valence-electron chi connectivity index (χ4n) is 12.9. The third-order valence-electron chi connectivity index (χ3n) is 17.7. The maximum Gasteiger partial charge on any atom is 2.00 e. The third kappa shape index (κ3) is 20.0. The summed E-state index contributed by atoms with van der Waals surface area (Å²) in [7, 11) is 8.98. The molecule has 2 aliphatic heterocycles. The van der Waals surface area contributed by atoms with E-state index in [2.05, 4.69) is 409 Å². The molecule has 2 heterocycles. The van der Waals surface area contributed by atoms with Gasteiger partial charge >= 0.3 is 89.6 Å². The van der Waals surface area contributed by atoms with Crippen molar-refractivity contribution in [1.29, 1.82) is 0 Å². The van der Waals surface area contributed by atoms with Crippen LogP contribution in [-0.2, 0) is 80.0 Å². The minimum atomic E-state index is 0. The first-order chi connectivity index (χ1) is 49.4. The van der Waals surface area contributed by atoms with Gasteiger partial charge < -0.3 is 22.3 Å². The molecule has 0 bridgehead atoms. The Morgan fingerprint density at radius 1 is 0.284 bits per heavy atom. The quantitative estimate of drug-likeness (QED) is 0.0804. The molecule has 10 aromatic rings. The molecule has 10 aromatic carbocycles. The number of ether oxygens (including phenoxy) is 2. The molecule has 4 aliphatic carbocycles. The molecule has 4 nitrogen and oxygen atoms in total. The van der Waals surface area contributed by atoms with Crippen molar-refractivity contribution in [2.75, 3.05) is 13.2 Å². The van der Waals surface area contributed by atoms with Gasteiger partial charge in [0, 0.05) is 59.2 Å². The summed E-state index contributed by atoms with van der Waals surface area (Å²) in [5, 5.41) is 0. The number of benzene rings is 10. The average molecular weight is 1640 g/mol. The summed E-state index contributed by atoms with van der Waals surface area (Å²) in [6.07, 6.45) is 17.8. The van der Waals surface area contributed by atoms with Crippen molar-refractivity contribution in [1.82, 2.24) is 0 Å². The van der Waals surface area contributed by atoms with E-state index in [1.54, 1.807) is 0 Å². The monoisotopic (exact) mass is 1630 g/mol.